The molecule has 134 valence electrons. The van der Waals surface area contributed by atoms with Crippen LogP contribution in [-0.2, 0) is 4.74 Å². The molecule has 6 heteroatoms. The Morgan fingerprint density at radius 2 is 2.00 bits per heavy atom. The molecule has 0 radical (unpaired) electrons. The molecule has 25 heavy (non-hydrogen) atoms. The van der Waals surface area contributed by atoms with Gasteiger partial charge in [0, 0.05) is 25.2 Å². The summed E-state index contributed by atoms with van der Waals surface area (Å²) < 4.78 is 5.42. The highest BCUT2D eigenvalue weighted by molar-refractivity contribution is 5.94. The highest BCUT2D eigenvalue weighted by Gasteiger charge is 2.27. The topological polar surface area (TPSA) is 82.4 Å². The van der Waals surface area contributed by atoms with Crippen molar-refractivity contribution in [3.8, 4) is 6.07 Å². The second-order valence-corrected chi connectivity index (χ2v) is 7.33. The van der Waals surface area contributed by atoms with E-state index in [9.17, 15) is 9.59 Å². The second-order valence-electron chi connectivity index (χ2n) is 7.33. The van der Waals surface area contributed by atoms with Gasteiger partial charge in [0.25, 0.3) is 5.91 Å². The number of benzene rings is 1. The first kappa shape index (κ1) is 18.8. The average molecular weight is 343 g/mol. The average Bonchev–Trinajstić information content (AvgIpc) is 2.58. The molecule has 1 aromatic carbocycles. The second kappa shape index (κ2) is 8.02. The zero-order chi connectivity index (χ0) is 18.4. The largest absolute Gasteiger partial charge is 0.444 e. The Morgan fingerprint density at radius 1 is 1.32 bits per heavy atom. The number of rotatable bonds is 3. The molecule has 2 rings (SSSR count). The van der Waals surface area contributed by atoms with E-state index in [2.05, 4.69) is 5.32 Å². The molecule has 0 unspecified atom stereocenters. The van der Waals surface area contributed by atoms with Crippen LogP contribution in [0.5, 0.6) is 0 Å². The third-order valence-electron chi connectivity index (χ3n) is 4.00. The number of carbonyl (C=O) groups is 2. The van der Waals surface area contributed by atoms with Gasteiger partial charge in [-0.1, -0.05) is 0 Å². The number of amides is 2. The Bertz CT molecular complexity index is 656. The van der Waals surface area contributed by atoms with Crippen LogP contribution in [0.25, 0.3) is 0 Å². The minimum Gasteiger partial charge on any atom is -0.444 e. The highest BCUT2D eigenvalue weighted by atomic mass is 16.6. The Kier molecular flexibility index (Phi) is 6.02. The molecular formula is C19H25N3O3. The summed E-state index contributed by atoms with van der Waals surface area (Å²) in [6.07, 6.45) is 1.57. The van der Waals surface area contributed by atoms with E-state index >= 15 is 0 Å². The van der Waals surface area contributed by atoms with Gasteiger partial charge < -0.3 is 15.0 Å². The Balaban J connectivity index is 1.84. The lowest BCUT2D eigenvalue weighted by atomic mass is 9.98. The molecule has 1 atom stereocenters. The van der Waals surface area contributed by atoms with Crippen molar-refractivity contribution in [3.63, 3.8) is 0 Å². The lowest BCUT2D eigenvalue weighted by Gasteiger charge is -2.34. The van der Waals surface area contributed by atoms with Gasteiger partial charge in [-0.3, -0.25) is 4.79 Å². The zero-order valence-electron chi connectivity index (χ0n) is 15.0. The van der Waals surface area contributed by atoms with Crippen LogP contribution < -0.4 is 5.32 Å². The standard InChI is InChI=1S/C19H25N3O3/c1-19(2,3)25-18(24)22-10-4-5-15(13-22)12-21-17(23)16-8-6-14(11-20)7-9-16/h6-9,15H,4-5,10,12-13H2,1-3H3,(H,21,23)/t15-/m0/s1. The van der Waals surface area contributed by atoms with E-state index in [1.54, 1.807) is 29.2 Å². The zero-order valence-corrected chi connectivity index (χ0v) is 15.0. The van der Waals surface area contributed by atoms with Crippen LogP contribution in [0.2, 0.25) is 0 Å². The first-order chi connectivity index (χ1) is 11.8. The van der Waals surface area contributed by atoms with E-state index in [0.29, 0.717) is 30.8 Å². The fraction of sp³-hybridized carbons (Fsp3) is 0.526. The Labute approximate surface area is 148 Å². The maximum Gasteiger partial charge on any atom is 0.410 e. The summed E-state index contributed by atoms with van der Waals surface area (Å²) in [5.74, 6) is 0.0440. The van der Waals surface area contributed by atoms with Crippen LogP contribution >= 0.6 is 0 Å². The summed E-state index contributed by atoms with van der Waals surface area (Å²) in [6, 6.07) is 8.56. The van der Waals surface area contributed by atoms with Gasteiger partial charge in [-0.05, 0) is 63.8 Å². The van der Waals surface area contributed by atoms with Crippen LogP contribution in [0.1, 0.15) is 49.5 Å². The molecule has 1 aliphatic rings. The van der Waals surface area contributed by atoms with Gasteiger partial charge in [0.1, 0.15) is 5.60 Å². The van der Waals surface area contributed by atoms with E-state index in [1.807, 2.05) is 26.8 Å². The summed E-state index contributed by atoms with van der Waals surface area (Å²) in [5.41, 5.74) is 0.545. The van der Waals surface area contributed by atoms with E-state index < -0.39 is 5.60 Å². The third-order valence-corrected chi connectivity index (χ3v) is 4.00. The molecule has 1 heterocycles. The van der Waals surface area contributed by atoms with Crippen LogP contribution in [0.4, 0.5) is 4.79 Å². The molecule has 1 fully saturated rings. The fourth-order valence-electron chi connectivity index (χ4n) is 2.76. The molecular weight excluding hydrogens is 318 g/mol. The summed E-state index contributed by atoms with van der Waals surface area (Å²) >= 11 is 0. The van der Waals surface area contributed by atoms with Crippen molar-refractivity contribution in [3.05, 3.63) is 35.4 Å². The minimum atomic E-state index is -0.506. The van der Waals surface area contributed by atoms with E-state index in [1.165, 1.54) is 0 Å². The smallest absolute Gasteiger partial charge is 0.410 e. The number of nitriles is 1. The SMILES string of the molecule is CC(C)(C)OC(=O)N1CCC[C@@H](CNC(=O)c2ccc(C#N)cc2)C1. The maximum atomic E-state index is 12.2. The number of nitrogens with zero attached hydrogens (tertiary/aromatic N) is 2. The summed E-state index contributed by atoms with van der Waals surface area (Å²) in [5, 5.41) is 11.7. The van der Waals surface area contributed by atoms with Gasteiger partial charge in [-0.25, -0.2) is 4.79 Å². The molecule has 2 amide bonds. The summed E-state index contributed by atoms with van der Waals surface area (Å²) in [7, 11) is 0. The lowest BCUT2D eigenvalue weighted by molar-refractivity contribution is 0.0167. The van der Waals surface area contributed by atoms with E-state index in [4.69, 9.17) is 10.00 Å². The van der Waals surface area contributed by atoms with Crippen molar-refractivity contribution in [1.29, 1.82) is 5.26 Å². The molecule has 0 aliphatic carbocycles. The van der Waals surface area contributed by atoms with Crippen LogP contribution in [0, 0.1) is 17.2 Å². The molecule has 1 aromatic rings. The van der Waals surface area contributed by atoms with Crippen molar-refractivity contribution in [2.75, 3.05) is 19.6 Å². The number of piperidine rings is 1. The number of likely N-dealkylation sites (tertiary alicyclic amines) is 1. The van der Waals surface area contributed by atoms with Crippen LogP contribution in [0.15, 0.2) is 24.3 Å². The lowest BCUT2D eigenvalue weighted by Crippen LogP contribution is -2.45. The van der Waals surface area contributed by atoms with Crippen molar-refractivity contribution in [1.82, 2.24) is 10.2 Å². The summed E-state index contributed by atoms with van der Waals surface area (Å²) in [4.78, 5) is 26.1. The molecule has 0 spiro atoms. The molecule has 0 bridgehead atoms. The molecule has 0 saturated carbocycles. The van der Waals surface area contributed by atoms with Crippen molar-refractivity contribution >= 4 is 12.0 Å². The van der Waals surface area contributed by atoms with Gasteiger partial charge in [0.2, 0.25) is 0 Å². The third kappa shape index (κ3) is 5.79. The van der Waals surface area contributed by atoms with Crippen molar-refractivity contribution in [2.24, 2.45) is 5.92 Å². The number of hydrogen-bond donors (Lipinski definition) is 1. The first-order valence-electron chi connectivity index (χ1n) is 8.55. The number of carbonyl (C=O) groups excluding carboxylic acids is 2. The predicted molar refractivity (Wildman–Crippen MR) is 94.0 cm³/mol. The first-order valence-corrected chi connectivity index (χ1v) is 8.55. The normalized spacial score (nSPS) is 17.5. The molecule has 1 aliphatic heterocycles. The molecule has 1 N–H and O–H groups in total. The van der Waals surface area contributed by atoms with E-state index in [0.717, 1.165) is 12.8 Å². The monoisotopic (exact) mass is 343 g/mol. The fourth-order valence-corrected chi connectivity index (χ4v) is 2.76. The predicted octanol–water partition coefficient (Wildman–Crippen LogP) is 2.94. The maximum absolute atomic E-state index is 12.2. The van der Waals surface area contributed by atoms with Gasteiger partial charge in [-0.2, -0.15) is 5.26 Å². The Hall–Kier alpha value is -2.55. The molecule has 6 nitrogen and oxygen atoms in total. The Morgan fingerprint density at radius 3 is 2.60 bits per heavy atom. The van der Waals surface area contributed by atoms with Gasteiger partial charge in [-0.15, -0.1) is 0 Å². The quantitative estimate of drug-likeness (QED) is 0.915. The van der Waals surface area contributed by atoms with Gasteiger partial charge in [0.05, 0.1) is 11.6 Å². The molecule has 0 aromatic heterocycles. The van der Waals surface area contributed by atoms with Crippen LogP contribution in [0.3, 0.4) is 0 Å². The number of ether oxygens (including phenoxy) is 1. The highest BCUT2D eigenvalue weighted by Crippen LogP contribution is 2.19. The number of nitrogens with one attached hydrogen (secondary N) is 1. The van der Waals surface area contributed by atoms with Gasteiger partial charge >= 0.3 is 6.09 Å². The summed E-state index contributed by atoms with van der Waals surface area (Å²) in [6.45, 7) is 7.34. The molecule has 1 saturated heterocycles. The van der Waals surface area contributed by atoms with Crippen molar-refractivity contribution < 1.29 is 14.3 Å². The number of hydrogen-bond acceptors (Lipinski definition) is 4. The van der Waals surface area contributed by atoms with Gasteiger partial charge in [0.15, 0.2) is 0 Å². The van der Waals surface area contributed by atoms with Crippen molar-refractivity contribution in [2.45, 2.75) is 39.2 Å². The minimum absolute atomic E-state index is 0.168. The van der Waals surface area contributed by atoms with E-state index in [-0.39, 0.29) is 17.9 Å². The van der Waals surface area contributed by atoms with Crippen LogP contribution in [-0.4, -0.2) is 42.1 Å².